The molecule has 1 aromatic rings. The number of rotatable bonds is 5. The molecule has 0 saturated carbocycles. The molecule has 154 valence electrons. The Labute approximate surface area is 169 Å². The molecule has 1 N–H and O–H groups in total. The molecular weight excluding hydrogens is 350 g/mol. The molecule has 0 aliphatic carbocycles. The van der Waals surface area contributed by atoms with Gasteiger partial charge in [0, 0.05) is 57.9 Å². The van der Waals surface area contributed by atoms with Gasteiger partial charge in [-0.25, -0.2) is 0 Å². The predicted molar refractivity (Wildman–Crippen MR) is 116 cm³/mol. The molecule has 2 aliphatic heterocycles. The van der Waals surface area contributed by atoms with Gasteiger partial charge < -0.3 is 20.0 Å². The van der Waals surface area contributed by atoms with Crippen LogP contribution in [0.5, 0.6) is 0 Å². The minimum Gasteiger partial charge on any atom is -0.368 e. The number of amides is 1. The molecule has 1 amide bonds. The number of piperidine rings is 1. The Kier molecular flexibility index (Phi) is 7.57. The molecule has 28 heavy (non-hydrogen) atoms. The zero-order valence-electron chi connectivity index (χ0n) is 17.4. The lowest BCUT2D eigenvalue weighted by Crippen LogP contribution is -2.49. The first-order valence-corrected chi connectivity index (χ1v) is 10.8. The summed E-state index contributed by atoms with van der Waals surface area (Å²) in [5.74, 6) is 1.99. The fourth-order valence-electron chi connectivity index (χ4n) is 3.91. The number of anilines is 1. The quantitative estimate of drug-likeness (QED) is 0.625. The molecule has 2 saturated heterocycles. The van der Waals surface area contributed by atoms with Crippen LogP contribution in [0, 0.1) is 5.92 Å². The Morgan fingerprint density at radius 3 is 2.36 bits per heavy atom. The van der Waals surface area contributed by atoms with Crippen molar-refractivity contribution in [3.8, 4) is 0 Å². The summed E-state index contributed by atoms with van der Waals surface area (Å²) in [5, 5.41) is 3.39. The minimum atomic E-state index is 0.222. The van der Waals surface area contributed by atoms with Crippen molar-refractivity contribution in [2.75, 3.05) is 57.3 Å². The third-order valence-corrected chi connectivity index (χ3v) is 5.76. The molecule has 6 nitrogen and oxygen atoms in total. The highest BCUT2D eigenvalue weighted by molar-refractivity contribution is 5.81. The summed E-state index contributed by atoms with van der Waals surface area (Å²) in [7, 11) is 0. The minimum absolute atomic E-state index is 0.222. The van der Waals surface area contributed by atoms with Crippen molar-refractivity contribution >= 4 is 17.6 Å². The molecule has 0 bridgehead atoms. The molecule has 3 rings (SSSR count). The van der Waals surface area contributed by atoms with Crippen molar-refractivity contribution in [2.45, 2.75) is 33.1 Å². The summed E-state index contributed by atoms with van der Waals surface area (Å²) >= 11 is 0. The molecule has 2 heterocycles. The molecule has 0 unspecified atom stereocenters. The van der Waals surface area contributed by atoms with Gasteiger partial charge in [-0.15, -0.1) is 0 Å². The van der Waals surface area contributed by atoms with Crippen molar-refractivity contribution < 1.29 is 4.79 Å². The maximum atomic E-state index is 12.6. The number of carbonyl (C=O) groups is 1. The first kappa shape index (κ1) is 20.5. The maximum absolute atomic E-state index is 12.6. The molecular formula is C22H35N5O. The highest BCUT2D eigenvalue weighted by Crippen LogP contribution is 2.17. The summed E-state index contributed by atoms with van der Waals surface area (Å²) in [4.78, 5) is 24.0. The van der Waals surface area contributed by atoms with Crippen LogP contribution >= 0.6 is 0 Å². The number of aliphatic imine (C=N–C) groups is 1. The van der Waals surface area contributed by atoms with Gasteiger partial charge in [0.25, 0.3) is 0 Å². The lowest BCUT2D eigenvalue weighted by atomic mass is 10.00. The van der Waals surface area contributed by atoms with Gasteiger partial charge in [-0.3, -0.25) is 9.79 Å². The molecule has 0 aromatic heterocycles. The Hall–Kier alpha value is -2.24. The van der Waals surface area contributed by atoms with Gasteiger partial charge in [-0.2, -0.15) is 0 Å². The number of likely N-dealkylation sites (tertiary alicyclic amines) is 1. The molecule has 0 radical (unpaired) electrons. The van der Waals surface area contributed by atoms with Crippen molar-refractivity contribution in [3.63, 3.8) is 0 Å². The lowest BCUT2D eigenvalue weighted by molar-refractivity contribution is -0.131. The van der Waals surface area contributed by atoms with Gasteiger partial charge in [-0.1, -0.05) is 25.1 Å². The van der Waals surface area contributed by atoms with Gasteiger partial charge in [0.05, 0.1) is 6.54 Å². The topological polar surface area (TPSA) is 51.2 Å². The lowest BCUT2D eigenvalue weighted by Gasteiger charge is -2.36. The van der Waals surface area contributed by atoms with Crippen LogP contribution in [0.1, 0.15) is 33.1 Å². The van der Waals surface area contributed by atoms with E-state index in [1.54, 1.807) is 0 Å². The third kappa shape index (κ3) is 5.63. The number of hydrogen-bond acceptors (Lipinski definition) is 3. The van der Waals surface area contributed by atoms with E-state index in [-0.39, 0.29) is 5.91 Å². The number of piperazine rings is 1. The monoisotopic (exact) mass is 385 g/mol. The average Bonchev–Trinajstić information content (AvgIpc) is 2.74. The first-order valence-electron chi connectivity index (χ1n) is 10.8. The number of guanidine groups is 1. The largest absolute Gasteiger partial charge is 0.368 e. The van der Waals surface area contributed by atoms with Gasteiger partial charge >= 0.3 is 0 Å². The van der Waals surface area contributed by atoms with Crippen LogP contribution < -0.4 is 10.2 Å². The zero-order valence-corrected chi connectivity index (χ0v) is 17.4. The van der Waals surface area contributed by atoms with E-state index in [0.717, 1.165) is 57.7 Å². The molecule has 1 aromatic carbocycles. The molecule has 0 atom stereocenters. The fraction of sp³-hybridized carbons (Fsp3) is 0.636. The van der Waals surface area contributed by atoms with Crippen molar-refractivity contribution in [1.29, 1.82) is 0 Å². The maximum Gasteiger partial charge on any atom is 0.224 e. The van der Waals surface area contributed by atoms with E-state index in [4.69, 9.17) is 4.99 Å². The predicted octanol–water partition coefficient (Wildman–Crippen LogP) is 2.42. The van der Waals surface area contributed by atoms with Crippen LogP contribution in [-0.4, -0.2) is 74.0 Å². The van der Waals surface area contributed by atoms with Gasteiger partial charge in [0.15, 0.2) is 5.96 Å². The van der Waals surface area contributed by atoms with Crippen LogP contribution in [0.25, 0.3) is 0 Å². The molecule has 2 aliphatic rings. The number of hydrogen-bond donors (Lipinski definition) is 1. The second kappa shape index (κ2) is 10.3. The highest BCUT2D eigenvalue weighted by Gasteiger charge is 2.21. The average molecular weight is 386 g/mol. The Morgan fingerprint density at radius 2 is 1.71 bits per heavy atom. The summed E-state index contributed by atoms with van der Waals surface area (Å²) in [6.45, 7) is 11.3. The highest BCUT2D eigenvalue weighted by atomic mass is 16.2. The standard InChI is InChI=1S/C22H35N5O/c1-3-23-22(27-13-10-19(2)11-14-27)24-12-9-21(28)26-17-15-25(16-18-26)20-7-5-4-6-8-20/h4-8,19H,3,9-18H2,1-2H3,(H,23,24). The van der Waals surface area contributed by atoms with Crippen LogP contribution in [0.4, 0.5) is 5.69 Å². The van der Waals surface area contributed by atoms with E-state index in [1.807, 2.05) is 11.0 Å². The molecule has 0 spiro atoms. The SMILES string of the molecule is CCNC(=NCCC(=O)N1CCN(c2ccccc2)CC1)N1CCC(C)CC1. The second-order valence-electron chi connectivity index (χ2n) is 7.86. The van der Waals surface area contributed by atoms with Crippen molar-refractivity contribution in [1.82, 2.24) is 15.1 Å². The van der Waals surface area contributed by atoms with Crippen LogP contribution in [-0.2, 0) is 4.79 Å². The van der Waals surface area contributed by atoms with Crippen LogP contribution in [0.2, 0.25) is 0 Å². The van der Waals surface area contributed by atoms with Gasteiger partial charge in [0.2, 0.25) is 5.91 Å². The second-order valence-corrected chi connectivity index (χ2v) is 7.86. The van der Waals surface area contributed by atoms with E-state index in [1.165, 1.54) is 18.5 Å². The normalized spacial score (nSPS) is 19.1. The van der Waals surface area contributed by atoms with E-state index in [2.05, 4.69) is 53.2 Å². The summed E-state index contributed by atoms with van der Waals surface area (Å²) < 4.78 is 0. The number of para-hydroxylation sites is 1. The molecule has 6 heteroatoms. The van der Waals surface area contributed by atoms with Crippen LogP contribution in [0.3, 0.4) is 0 Å². The summed E-state index contributed by atoms with van der Waals surface area (Å²) in [6, 6.07) is 10.4. The fourth-order valence-corrected chi connectivity index (χ4v) is 3.91. The van der Waals surface area contributed by atoms with E-state index in [9.17, 15) is 4.79 Å². The third-order valence-electron chi connectivity index (χ3n) is 5.76. The van der Waals surface area contributed by atoms with Crippen LogP contribution in [0.15, 0.2) is 35.3 Å². The van der Waals surface area contributed by atoms with Crippen molar-refractivity contribution in [2.24, 2.45) is 10.9 Å². The summed E-state index contributed by atoms with van der Waals surface area (Å²) in [6.07, 6.45) is 2.93. The van der Waals surface area contributed by atoms with E-state index >= 15 is 0 Å². The molecule has 2 fully saturated rings. The zero-order chi connectivity index (χ0) is 19.8. The van der Waals surface area contributed by atoms with Crippen molar-refractivity contribution in [3.05, 3.63) is 30.3 Å². The summed E-state index contributed by atoms with van der Waals surface area (Å²) in [5.41, 5.74) is 1.24. The Morgan fingerprint density at radius 1 is 1.04 bits per heavy atom. The van der Waals surface area contributed by atoms with E-state index in [0.29, 0.717) is 13.0 Å². The number of nitrogens with one attached hydrogen (secondary N) is 1. The number of carbonyl (C=O) groups excluding carboxylic acids is 1. The Balaban J connectivity index is 1.44. The Bertz CT molecular complexity index is 632. The first-order chi connectivity index (χ1) is 13.7. The van der Waals surface area contributed by atoms with Gasteiger partial charge in [0.1, 0.15) is 0 Å². The van der Waals surface area contributed by atoms with Gasteiger partial charge in [-0.05, 0) is 37.8 Å². The van der Waals surface area contributed by atoms with E-state index < -0.39 is 0 Å². The number of benzene rings is 1. The number of nitrogens with zero attached hydrogens (tertiary/aromatic N) is 4. The smallest absolute Gasteiger partial charge is 0.224 e.